The van der Waals surface area contributed by atoms with Gasteiger partial charge in [-0.1, -0.05) is 26.0 Å². The molecule has 1 aromatic rings. The van der Waals surface area contributed by atoms with Gasteiger partial charge in [0, 0.05) is 19.6 Å². The molecule has 0 amide bonds. The van der Waals surface area contributed by atoms with Gasteiger partial charge in [0.1, 0.15) is 5.75 Å². The van der Waals surface area contributed by atoms with Gasteiger partial charge in [-0.2, -0.15) is 0 Å². The molecular weight excluding hydrogens is 260 g/mol. The molecule has 1 N–H and O–H groups in total. The van der Waals surface area contributed by atoms with Gasteiger partial charge in [-0.05, 0) is 49.8 Å². The molecule has 0 aromatic heterocycles. The smallest absolute Gasteiger partial charge is 0.142 e. The first-order chi connectivity index (χ1) is 10.1. The molecule has 0 aliphatic heterocycles. The van der Waals surface area contributed by atoms with Crippen molar-refractivity contribution in [2.24, 2.45) is 17.8 Å². The van der Waals surface area contributed by atoms with Crippen molar-refractivity contribution >= 4 is 5.69 Å². The highest BCUT2D eigenvalue weighted by atomic mass is 16.5. The first-order valence-corrected chi connectivity index (χ1v) is 8.08. The number of rotatable bonds is 5. The summed E-state index contributed by atoms with van der Waals surface area (Å²) in [6.07, 6.45) is 2.62. The lowest BCUT2D eigenvalue weighted by molar-refractivity contribution is 0.158. The fourth-order valence-corrected chi connectivity index (χ4v) is 3.91. The summed E-state index contributed by atoms with van der Waals surface area (Å²) in [5.74, 6) is 3.22. The predicted molar refractivity (Wildman–Crippen MR) is 90.2 cm³/mol. The summed E-state index contributed by atoms with van der Waals surface area (Å²) >= 11 is 0. The minimum atomic E-state index is 0.612. The number of hydrogen-bond donors (Lipinski definition) is 1. The molecule has 0 heterocycles. The van der Waals surface area contributed by atoms with Crippen LogP contribution in [0.25, 0.3) is 0 Å². The van der Waals surface area contributed by atoms with Gasteiger partial charge < -0.3 is 15.0 Å². The number of para-hydroxylation sites is 2. The van der Waals surface area contributed by atoms with E-state index in [4.69, 9.17) is 4.74 Å². The number of hydrogen-bond acceptors (Lipinski definition) is 3. The summed E-state index contributed by atoms with van der Waals surface area (Å²) in [4.78, 5) is 2.35. The largest absolute Gasteiger partial charge is 0.495 e. The van der Waals surface area contributed by atoms with E-state index in [1.54, 1.807) is 7.11 Å². The van der Waals surface area contributed by atoms with Crippen molar-refractivity contribution < 1.29 is 4.74 Å². The van der Waals surface area contributed by atoms with Crippen LogP contribution in [0.15, 0.2) is 24.3 Å². The molecule has 1 saturated carbocycles. The molecule has 3 nitrogen and oxygen atoms in total. The molecule has 118 valence electrons. The molecule has 4 unspecified atom stereocenters. The zero-order valence-corrected chi connectivity index (χ0v) is 14.1. The molecular formula is C18H30N2O. The second kappa shape index (κ2) is 7.17. The van der Waals surface area contributed by atoms with Crippen molar-refractivity contribution in [3.63, 3.8) is 0 Å². The van der Waals surface area contributed by atoms with Crippen LogP contribution in [0.2, 0.25) is 0 Å². The summed E-state index contributed by atoms with van der Waals surface area (Å²) < 4.78 is 5.50. The van der Waals surface area contributed by atoms with Crippen molar-refractivity contribution in [3.8, 4) is 5.75 Å². The van der Waals surface area contributed by atoms with E-state index < -0.39 is 0 Å². The minimum absolute atomic E-state index is 0.612. The molecule has 0 bridgehead atoms. The van der Waals surface area contributed by atoms with Crippen LogP contribution in [0.5, 0.6) is 5.75 Å². The highest BCUT2D eigenvalue weighted by molar-refractivity contribution is 5.57. The highest BCUT2D eigenvalue weighted by Gasteiger charge is 2.33. The second-order valence-electron chi connectivity index (χ2n) is 6.67. The van der Waals surface area contributed by atoms with E-state index in [0.717, 1.165) is 24.1 Å². The fourth-order valence-electron chi connectivity index (χ4n) is 3.91. The SMILES string of the molecule is CNC1CC(C)CC(C)C1CN(C)c1ccccc1OC. The average molecular weight is 290 g/mol. The van der Waals surface area contributed by atoms with Gasteiger partial charge in [0.05, 0.1) is 12.8 Å². The molecule has 2 rings (SSSR count). The van der Waals surface area contributed by atoms with E-state index in [1.807, 2.05) is 12.1 Å². The Bertz CT molecular complexity index is 449. The zero-order valence-electron chi connectivity index (χ0n) is 14.1. The van der Waals surface area contributed by atoms with Gasteiger partial charge >= 0.3 is 0 Å². The quantitative estimate of drug-likeness (QED) is 0.899. The first kappa shape index (κ1) is 16.2. The Balaban J connectivity index is 2.11. The van der Waals surface area contributed by atoms with Crippen molar-refractivity contribution in [1.82, 2.24) is 5.32 Å². The van der Waals surface area contributed by atoms with Crippen molar-refractivity contribution in [1.29, 1.82) is 0 Å². The lowest BCUT2D eigenvalue weighted by Gasteiger charge is -2.41. The molecule has 1 aliphatic rings. The summed E-state index contributed by atoms with van der Waals surface area (Å²) in [5, 5.41) is 3.54. The van der Waals surface area contributed by atoms with Crippen LogP contribution in [0, 0.1) is 17.8 Å². The van der Waals surface area contributed by atoms with Crippen LogP contribution in [-0.4, -0.2) is 33.8 Å². The molecule has 0 saturated heterocycles. The van der Waals surface area contributed by atoms with Crippen molar-refractivity contribution in [3.05, 3.63) is 24.3 Å². The van der Waals surface area contributed by atoms with E-state index in [0.29, 0.717) is 12.0 Å². The average Bonchev–Trinajstić information content (AvgIpc) is 2.49. The third kappa shape index (κ3) is 3.70. The topological polar surface area (TPSA) is 24.5 Å². The summed E-state index contributed by atoms with van der Waals surface area (Å²) in [6.45, 7) is 5.85. The zero-order chi connectivity index (χ0) is 15.4. The van der Waals surface area contributed by atoms with E-state index in [-0.39, 0.29) is 0 Å². The third-order valence-corrected chi connectivity index (χ3v) is 5.03. The Labute approximate surface area is 129 Å². The van der Waals surface area contributed by atoms with Crippen molar-refractivity contribution in [2.45, 2.75) is 32.7 Å². The normalized spacial score (nSPS) is 29.2. The molecule has 1 fully saturated rings. The lowest BCUT2D eigenvalue weighted by Crippen LogP contribution is -2.47. The lowest BCUT2D eigenvalue weighted by atomic mass is 9.72. The maximum atomic E-state index is 5.50. The summed E-state index contributed by atoms with van der Waals surface area (Å²) in [7, 11) is 6.02. The Morgan fingerprint density at radius 3 is 2.62 bits per heavy atom. The second-order valence-corrected chi connectivity index (χ2v) is 6.67. The van der Waals surface area contributed by atoms with Gasteiger partial charge in [-0.25, -0.2) is 0 Å². The van der Waals surface area contributed by atoms with Crippen LogP contribution in [0.1, 0.15) is 26.7 Å². The van der Waals surface area contributed by atoms with E-state index in [2.05, 4.69) is 50.3 Å². The minimum Gasteiger partial charge on any atom is -0.495 e. The number of methoxy groups -OCH3 is 1. The molecule has 0 spiro atoms. The van der Waals surface area contributed by atoms with Crippen LogP contribution < -0.4 is 15.0 Å². The third-order valence-electron chi connectivity index (χ3n) is 5.03. The molecule has 1 aliphatic carbocycles. The number of anilines is 1. The van der Waals surface area contributed by atoms with Gasteiger partial charge in [0.2, 0.25) is 0 Å². The molecule has 21 heavy (non-hydrogen) atoms. The summed E-state index contributed by atoms with van der Waals surface area (Å²) in [6, 6.07) is 8.89. The number of benzene rings is 1. The Kier molecular flexibility index (Phi) is 5.51. The van der Waals surface area contributed by atoms with Crippen LogP contribution >= 0.6 is 0 Å². The Hall–Kier alpha value is -1.22. The van der Waals surface area contributed by atoms with E-state index >= 15 is 0 Å². The number of nitrogens with zero attached hydrogens (tertiary/aromatic N) is 1. The Morgan fingerprint density at radius 2 is 1.95 bits per heavy atom. The molecule has 0 radical (unpaired) electrons. The van der Waals surface area contributed by atoms with Gasteiger partial charge in [-0.15, -0.1) is 0 Å². The van der Waals surface area contributed by atoms with E-state index in [9.17, 15) is 0 Å². The maximum absolute atomic E-state index is 5.50. The summed E-state index contributed by atoms with van der Waals surface area (Å²) in [5.41, 5.74) is 1.18. The molecule has 3 heteroatoms. The van der Waals surface area contributed by atoms with Gasteiger partial charge in [-0.3, -0.25) is 0 Å². The van der Waals surface area contributed by atoms with Crippen LogP contribution in [-0.2, 0) is 0 Å². The Morgan fingerprint density at radius 1 is 1.24 bits per heavy atom. The van der Waals surface area contributed by atoms with Gasteiger partial charge in [0.15, 0.2) is 0 Å². The van der Waals surface area contributed by atoms with Crippen LogP contribution in [0.4, 0.5) is 5.69 Å². The first-order valence-electron chi connectivity index (χ1n) is 8.08. The van der Waals surface area contributed by atoms with E-state index in [1.165, 1.54) is 18.5 Å². The highest BCUT2D eigenvalue weighted by Crippen LogP contribution is 2.36. The fraction of sp³-hybridized carbons (Fsp3) is 0.667. The number of ether oxygens (including phenoxy) is 1. The van der Waals surface area contributed by atoms with Crippen molar-refractivity contribution in [2.75, 3.05) is 32.6 Å². The van der Waals surface area contributed by atoms with Gasteiger partial charge in [0.25, 0.3) is 0 Å². The maximum Gasteiger partial charge on any atom is 0.142 e. The molecule has 4 atom stereocenters. The number of nitrogens with one attached hydrogen (secondary N) is 1. The van der Waals surface area contributed by atoms with Crippen LogP contribution in [0.3, 0.4) is 0 Å². The molecule has 1 aromatic carbocycles. The predicted octanol–water partition coefficient (Wildman–Crippen LogP) is 3.40. The standard InChI is InChI=1S/C18H30N2O/c1-13-10-14(2)15(16(11-13)19-3)12-20(4)17-8-6-7-9-18(17)21-5/h6-9,13-16,19H,10-12H2,1-5H3. The monoisotopic (exact) mass is 290 g/mol.